The molecule has 0 radical (unpaired) electrons. The van der Waals surface area contributed by atoms with E-state index in [1.807, 2.05) is 6.92 Å². The molecule has 0 saturated carbocycles. The number of carbonyl (C=O) groups is 2. The topological polar surface area (TPSA) is 82.2 Å². The van der Waals surface area contributed by atoms with Gasteiger partial charge in [-0.2, -0.15) is 23.5 Å². The number of benzene rings is 1. The standard InChI is InChI=1S/C20H20F3N5O2/c1-13-7-17(8-24)27(10-13)18(29)12-26(2)19(30)14-9-25-28(11-14)16-5-3-15(4-6-16)20(21,22)23/h3-6,9,11,13,17H,7,10,12H2,1-2H3. The molecular weight excluding hydrogens is 399 g/mol. The van der Waals surface area contributed by atoms with Gasteiger partial charge in [-0.1, -0.05) is 6.92 Å². The third-order valence-electron chi connectivity index (χ3n) is 4.99. The number of halogens is 3. The minimum atomic E-state index is -4.43. The normalized spacial score (nSPS) is 18.9. The van der Waals surface area contributed by atoms with Gasteiger partial charge in [0.05, 0.1) is 35.6 Å². The number of likely N-dealkylation sites (tertiary alicyclic amines) is 1. The number of nitriles is 1. The molecule has 3 rings (SSSR count). The fraction of sp³-hybridized carbons (Fsp3) is 0.400. The summed E-state index contributed by atoms with van der Waals surface area (Å²) in [6, 6.07) is 6.01. The molecule has 2 unspecified atom stereocenters. The van der Waals surface area contributed by atoms with Gasteiger partial charge in [-0.05, 0) is 36.6 Å². The number of amides is 2. The molecule has 2 aromatic rings. The van der Waals surface area contributed by atoms with Crippen LogP contribution in [0.4, 0.5) is 13.2 Å². The van der Waals surface area contributed by atoms with Gasteiger partial charge in [0.2, 0.25) is 5.91 Å². The first-order chi connectivity index (χ1) is 14.1. The summed E-state index contributed by atoms with van der Waals surface area (Å²) >= 11 is 0. The van der Waals surface area contributed by atoms with Crippen LogP contribution in [0.3, 0.4) is 0 Å². The van der Waals surface area contributed by atoms with Crippen molar-refractivity contribution in [2.75, 3.05) is 20.1 Å². The molecule has 1 aromatic carbocycles. The van der Waals surface area contributed by atoms with Gasteiger partial charge < -0.3 is 9.80 Å². The Labute approximate surface area is 171 Å². The summed E-state index contributed by atoms with van der Waals surface area (Å²) < 4.78 is 39.3. The van der Waals surface area contributed by atoms with Crippen molar-refractivity contribution in [3.63, 3.8) is 0 Å². The van der Waals surface area contributed by atoms with E-state index in [0.29, 0.717) is 18.7 Å². The van der Waals surface area contributed by atoms with E-state index in [1.54, 1.807) is 0 Å². The Morgan fingerprint density at radius 1 is 1.30 bits per heavy atom. The molecule has 30 heavy (non-hydrogen) atoms. The smallest absolute Gasteiger partial charge is 0.332 e. The SMILES string of the molecule is CC1CC(C#N)N(C(=O)CN(C)C(=O)c2cnn(-c3ccc(C(F)(F)F)cc3)c2)C1. The third-order valence-corrected chi connectivity index (χ3v) is 4.99. The summed E-state index contributed by atoms with van der Waals surface area (Å²) in [7, 11) is 1.47. The van der Waals surface area contributed by atoms with Crippen LogP contribution in [0, 0.1) is 17.2 Å². The zero-order valence-electron chi connectivity index (χ0n) is 16.4. The monoisotopic (exact) mass is 419 g/mol. The molecular formula is C20H20F3N5O2. The lowest BCUT2D eigenvalue weighted by Crippen LogP contribution is -2.43. The van der Waals surface area contributed by atoms with Gasteiger partial charge in [0.25, 0.3) is 5.91 Å². The Hall–Kier alpha value is -3.35. The lowest BCUT2D eigenvalue weighted by atomic mass is 10.1. The quantitative estimate of drug-likeness (QED) is 0.763. The lowest BCUT2D eigenvalue weighted by molar-refractivity contribution is -0.137. The van der Waals surface area contributed by atoms with Gasteiger partial charge >= 0.3 is 6.18 Å². The second kappa shape index (κ2) is 8.18. The maximum absolute atomic E-state index is 12.7. The summed E-state index contributed by atoms with van der Waals surface area (Å²) in [6.07, 6.45) is -1.14. The van der Waals surface area contributed by atoms with Crippen LogP contribution in [0.5, 0.6) is 0 Å². The van der Waals surface area contributed by atoms with E-state index in [1.165, 1.54) is 46.1 Å². The van der Waals surface area contributed by atoms with Crippen molar-refractivity contribution in [1.29, 1.82) is 5.26 Å². The van der Waals surface area contributed by atoms with Crippen LogP contribution in [0.2, 0.25) is 0 Å². The predicted molar refractivity (Wildman–Crippen MR) is 100 cm³/mol. The van der Waals surface area contributed by atoms with Gasteiger partial charge in [-0.15, -0.1) is 0 Å². The van der Waals surface area contributed by atoms with Crippen LogP contribution in [0.1, 0.15) is 29.3 Å². The minimum absolute atomic E-state index is 0.185. The molecule has 2 atom stereocenters. The lowest BCUT2D eigenvalue weighted by Gasteiger charge is -2.23. The summed E-state index contributed by atoms with van der Waals surface area (Å²) in [5.41, 5.74) is -0.222. The van der Waals surface area contributed by atoms with Crippen molar-refractivity contribution in [2.24, 2.45) is 5.92 Å². The second-order valence-electron chi connectivity index (χ2n) is 7.41. The van der Waals surface area contributed by atoms with Crippen molar-refractivity contribution in [1.82, 2.24) is 19.6 Å². The van der Waals surface area contributed by atoms with Gasteiger partial charge in [0.1, 0.15) is 6.04 Å². The van der Waals surface area contributed by atoms with Gasteiger partial charge in [-0.25, -0.2) is 4.68 Å². The second-order valence-corrected chi connectivity index (χ2v) is 7.41. The van der Waals surface area contributed by atoms with E-state index in [0.717, 1.165) is 12.1 Å². The highest BCUT2D eigenvalue weighted by Crippen LogP contribution is 2.29. The first kappa shape index (κ1) is 21.4. The van der Waals surface area contributed by atoms with Crippen LogP contribution >= 0.6 is 0 Å². The molecule has 1 aliphatic heterocycles. The number of hydrogen-bond acceptors (Lipinski definition) is 4. The Bertz CT molecular complexity index is 978. The van der Waals surface area contributed by atoms with Crippen molar-refractivity contribution in [2.45, 2.75) is 25.6 Å². The summed E-state index contributed by atoms with van der Waals surface area (Å²) in [6.45, 7) is 2.25. The van der Waals surface area contributed by atoms with Crippen LogP contribution in [-0.4, -0.2) is 57.6 Å². The average molecular weight is 419 g/mol. The Morgan fingerprint density at radius 3 is 2.57 bits per heavy atom. The Kier molecular flexibility index (Phi) is 5.82. The fourth-order valence-corrected chi connectivity index (χ4v) is 3.41. The number of aromatic nitrogens is 2. The first-order valence-electron chi connectivity index (χ1n) is 9.27. The van der Waals surface area contributed by atoms with Crippen LogP contribution in [-0.2, 0) is 11.0 Å². The average Bonchev–Trinajstić information content (AvgIpc) is 3.33. The summed E-state index contributed by atoms with van der Waals surface area (Å²) in [5.74, 6) is -0.541. The zero-order chi connectivity index (χ0) is 22.1. The minimum Gasteiger partial charge on any atom is -0.332 e. The molecule has 0 bridgehead atoms. The van der Waals surface area contributed by atoms with E-state index in [2.05, 4.69) is 11.2 Å². The van der Waals surface area contributed by atoms with Crippen molar-refractivity contribution in [3.8, 4) is 11.8 Å². The van der Waals surface area contributed by atoms with Gasteiger partial charge in [-0.3, -0.25) is 9.59 Å². The van der Waals surface area contributed by atoms with Crippen LogP contribution in [0.25, 0.3) is 5.69 Å². The predicted octanol–water partition coefficient (Wildman–Crippen LogP) is 2.72. The number of hydrogen-bond donors (Lipinski definition) is 0. The van der Waals surface area contributed by atoms with Crippen molar-refractivity contribution >= 4 is 11.8 Å². The maximum atomic E-state index is 12.7. The number of alkyl halides is 3. The molecule has 7 nitrogen and oxygen atoms in total. The van der Waals surface area contributed by atoms with E-state index in [-0.39, 0.29) is 23.9 Å². The number of rotatable bonds is 4. The molecule has 10 heteroatoms. The first-order valence-corrected chi connectivity index (χ1v) is 9.27. The third kappa shape index (κ3) is 4.45. The molecule has 1 fully saturated rings. The molecule has 0 spiro atoms. The van der Waals surface area contributed by atoms with E-state index < -0.39 is 23.7 Å². The molecule has 1 aliphatic rings. The highest BCUT2D eigenvalue weighted by atomic mass is 19.4. The summed E-state index contributed by atoms with van der Waals surface area (Å²) in [4.78, 5) is 27.9. The number of likely N-dealkylation sites (N-methyl/N-ethyl adjacent to an activating group) is 1. The molecule has 0 aliphatic carbocycles. The molecule has 1 saturated heterocycles. The highest BCUT2D eigenvalue weighted by molar-refractivity contribution is 5.96. The van der Waals surface area contributed by atoms with E-state index in [4.69, 9.17) is 0 Å². The molecule has 2 amide bonds. The number of carbonyl (C=O) groups excluding carboxylic acids is 2. The highest BCUT2D eigenvalue weighted by Gasteiger charge is 2.34. The number of nitrogens with zero attached hydrogens (tertiary/aromatic N) is 5. The van der Waals surface area contributed by atoms with Gasteiger partial charge in [0.15, 0.2) is 0 Å². The van der Waals surface area contributed by atoms with E-state index >= 15 is 0 Å². The molecule has 0 N–H and O–H groups in total. The summed E-state index contributed by atoms with van der Waals surface area (Å²) in [5, 5.41) is 13.2. The zero-order valence-corrected chi connectivity index (χ0v) is 16.4. The Balaban J connectivity index is 1.67. The fourth-order valence-electron chi connectivity index (χ4n) is 3.41. The Morgan fingerprint density at radius 2 is 1.97 bits per heavy atom. The molecule has 1 aromatic heterocycles. The van der Waals surface area contributed by atoms with Crippen molar-refractivity contribution < 1.29 is 22.8 Å². The van der Waals surface area contributed by atoms with Gasteiger partial charge in [0, 0.05) is 19.8 Å². The van der Waals surface area contributed by atoms with Crippen LogP contribution in [0.15, 0.2) is 36.7 Å². The van der Waals surface area contributed by atoms with E-state index in [9.17, 15) is 28.0 Å². The maximum Gasteiger partial charge on any atom is 0.416 e. The largest absolute Gasteiger partial charge is 0.416 e. The van der Waals surface area contributed by atoms with Crippen LogP contribution < -0.4 is 0 Å². The molecule has 2 heterocycles. The molecule has 158 valence electrons. The van der Waals surface area contributed by atoms with Crippen molar-refractivity contribution in [3.05, 3.63) is 47.8 Å².